The molecule has 108 valence electrons. The highest BCUT2D eigenvalue weighted by molar-refractivity contribution is 7.09. The molecule has 0 spiro atoms. The van der Waals surface area contributed by atoms with E-state index in [9.17, 15) is 9.59 Å². The van der Waals surface area contributed by atoms with E-state index in [1.54, 1.807) is 11.3 Å². The zero-order valence-electron chi connectivity index (χ0n) is 11.6. The summed E-state index contributed by atoms with van der Waals surface area (Å²) in [5, 5.41) is 6.00. The summed E-state index contributed by atoms with van der Waals surface area (Å²) in [5.74, 6) is -0.0171. The summed E-state index contributed by atoms with van der Waals surface area (Å²) in [7, 11) is 0. The minimum absolute atomic E-state index is 0.00783. The van der Waals surface area contributed by atoms with Crippen molar-refractivity contribution in [3.8, 4) is 0 Å². The molecule has 1 aliphatic heterocycles. The van der Waals surface area contributed by atoms with Crippen molar-refractivity contribution in [1.29, 1.82) is 0 Å². The topological polar surface area (TPSA) is 62.3 Å². The van der Waals surface area contributed by atoms with Gasteiger partial charge in [0.2, 0.25) is 11.8 Å². The number of carbonyl (C=O) groups is 2. The van der Waals surface area contributed by atoms with E-state index in [0.717, 1.165) is 30.0 Å². The SMILES string of the molecule is Cc1nc(CCNC(=O)[C@@H]2CC(=O)N(C3CC3)C2)cs1. The van der Waals surface area contributed by atoms with Crippen LogP contribution in [-0.4, -0.2) is 40.8 Å². The molecule has 1 aromatic rings. The van der Waals surface area contributed by atoms with E-state index >= 15 is 0 Å². The molecule has 6 heteroatoms. The van der Waals surface area contributed by atoms with Gasteiger partial charge in [-0.05, 0) is 19.8 Å². The Morgan fingerprint density at radius 2 is 2.35 bits per heavy atom. The molecule has 2 heterocycles. The van der Waals surface area contributed by atoms with Crippen LogP contribution in [0.1, 0.15) is 30.0 Å². The van der Waals surface area contributed by atoms with Crippen molar-refractivity contribution in [2.45, 2.75) is 38.6 Å². The summed E-state index contributed by atoms with van der Waals surface area (Å²) in [5.41, 5.74) is 1.02. The lowest BCUT2D eigenvalue weighted by Crippen LogP contribution is -2.34. The van der Waals surface area contributed by atoms with Crippen LogP contribution in [0.2, 0.25) is 0 Å². The Labute approximate surface area is 122 Å². The second kappa shape index (κ2) is 5.52. The monoisotopic (exact) mass is 293 g/mol. The van der Waals surface area contributed by atoms with E-state index in [2.05, 4.69) is 10.3 Å². The number of hydrogen-bond acceptors (Lipinski definition) is 4. The molecule has 0 radical (unpaired) electrons. The van der Waals surface area contributed by atoms with E-state index in [-0.39, 0.29) is 17.7 Å². The van der Waals surface area contributed by atoms with E-state index in [1.165, 1.54) is 0 Å². The van der Waals surface area contributed by atoms with E-state index in [0.29, 0.717) is 25.6 Å². The van der Waals surface area contributed by atoms with Crippen LogP contribution >= 0.6 is 11.3 Å². The molecule has 5 nitrogen and oxygen atoms in total. The van der Waals surface area contributed by atoms with Gasteiger partial charge >= 0.3 is 0 Å². The highest BCUT2D eigenvalue weighted by Crippen LogP contribution is 2.32. The third kappa shape index (κ3) is 3.00. The fourth-order valence-electron chi connectivity index (χ4n) is 2.63. The summed E-state index contributed by atoms with van der Waals surface area (Å²) < 4.78 is 0. The summed E-state index contributed by atoms with van der Waals surface area (Å²) >= 11 is 1.62. The first-order valence-corrected chi connectivity index (χ1v) is 7.99. The Kier molecular flexibility index (Phi) is 3.74. The number of thiazole rings is 1. The molecular weight excluding hydrogens is 274 g/mol. The Hall–Kier alpha value is -1.43. The number of likely N-dealkylation sites (tertiary alicyclic amines) is 1. The zero-order valence-corrected chi connectivity index (χ0v) is 12.4. The van der Waals surface area contributed by atoms with Crippen molar-refractivity contribution in [1.82, 2.24) is 15.2 Å². The lowest BCUT2D eigenvalue weighted by atomic mass is 10.1. The molecular formula is C14H19N3O2S. The van der Waals surface area contributed by atoms with Crippen molar-refractivity contribution >= 4 is 23.2 Å². The third-order valence-electron chi connectivity index (χ3n) is 3.86. The van der Waals surface area contributed by atoms with Crippen LogP contribution < -0.4 is 5.32 Å². The molecule has 2 amide bonds. The average molecular weight is 293 g/mol. The van der Waals surface area contributed by atoms with Gasteiger partial charge < -0.3 is 10.2 Å². The van der Waals surface area contributed by atoms with Gasteiger partial charge in [-0.3, -0.25) is 9.59 Å². The Morgan fingerprint density at radius 3 is 3.00 bits per heavy atom. The quantitative estimate of drug-likeness (QED) is 0.885. The second-order valence-corrected chi connectivity index (χ2v) is 6.64. The molecule has 0 unspecified atom stereocenters. The van der Waals surface area contributed by atoms with Gasteiger partial charge in [0, 0.05) is 37.4 Å². The van der Waals surface area contributed by atoms with Gasteiger partial charge in [0.15, 0.2) is 0 Å². The fraction of sp³-hybridized carbons (Fsp3) is 0.643. The lowest BCUT2D eigenvalue weighted by Gasteiger charge is -2.15. The van der Waals surface area contributed by atoms with Crippen LogP contribution in [0.4, 0.5) is 0 Å². The number of aromatic nitrogens is 1. The van der Waals surface area contributed by atoms with E-state index in [4.69, 9.17) is 0 Å². The van der Waals surface area contributed by atoms with Gasteiger partial charge in [-0.2, -0.15) is 0 Å². The molecule has 0 aromatic carbocycles. The fourth-order valence-corrected chi connectivity index (χ4v) is 3.27. The first kappa shape index (κ1) is 13.5. The standard InChI is InChI=1S/C14H19N3O2S/c1-9-16-11(8-20-9)4-5-15-14(19)10-6-13(18)17(7-10)12-2-3-12/h8,10,12H,2-7H2,1H3,(H,15,19)/t10-/m1/s1. The van der Waals surface area contributed by atoms with Crippen LogP contribution in [0, 0.1) is 12.8 Å². The lowest BCUT2D eigenvalue weighted by molar-refractivity contribution is -0.129. The molecule has 1 aliphatic carbocycles. The summed E-state index contributed by atoms with van der Waals surface area (Å²) in [6.45, 7) is 3.17. The van der Waals surface area contributed by atoms with Gasteiger partial charge in [-0.25, -0.2) is 4.98 Å². The number of aryl methyl sites for hydroxylation is 1. The maximum atomic E-state index is 12.1. The number of rotatable bonds is 5. The summed E-state index contributed by atoms with van der Waals surface area (Å²) in [6, 6.07) is 0.415. The predicted molar refractivity (Wildman–Crippen MR) is 76.4 cm³/mol. The number of nitrogens with zero attached hydrogens (tertiary/aromatic N) is 2. The van der Waals surface area contributed by atoms with Crippen LogP contribution in [-0.2, 0) is 16.0 Å². The van der Waals surface area contributed by atoms with Crippen LogP contribution in [0.15, 0.2) is 5.38 Å². The van der Waals surface area contributed by atoms with Crippen LogP contribution in [0.3, 0.4) is 0 Å². The van der Waals surface area contributed by atoms with Gasteiger partial charge in [0.1, 0.15) is 0 Å². The Morgan fingerprint density at radius 1 is 1.55 bits per heavy atom. The summed E-state index contributed by atoms with van der Waals surface area (Å²) in [4.78, 5) is 30.1. The van der Waals surface area contributed by atoms with Crippen molar-refractivity contribution < 1.29 is 9.59 Å². The minimum Gasteiger partial charge on any atom is -0.355 e. The van der Waals surface area contributed by atoms with Gasteiger partial charge in [0.25, 0.3) is 0 Å². The van der Waals surface area contributed by atoms with Crippen molar-refractivity contribution in [3.63, 3.8) is 0 Å². The highest BCUT2D eigenvalue weighted by atomic mass is 32.1. The smallest absolute Gasteiger partial charge is 0.225 e. The molecule has 1 saturated heterocycles. The minimum atomic E-state index is -0.166. The molecule has 1 aromatic heterocycles. The normalized spacial score (nSPS) is 22.4. The summed E-state index contributed by atoms with van der Waals surface area (Å²) in [6.07, 6.45) is 3.33. The van der Waals surface area contributed by atoms with Crippen molar-refractivity contribution in [2.75, 3.05) is 13.1 Å². The molecule has 2 aliphatic rings. The van der Waals surface area contributed by atoms with Crippen LogP contribution in [0.5, 0.6) is 0 Å². The molecule has 20 heavy (non-hydrogen) atoms. The van der Waals surface area contributed by atoms with Gasteiger partial charge in [0.05, 0.1) is 16.6 Å². The number of carbonyl (C=O) groups excluding carboxylic acids is 2. The number of nitrogens with one attached hydrogen (secondary N) is 1. The molecule has 1 atom stereocenters. The maximum absolute atomic E-state index is 12.1. The zero-order chi connectivity index (χ0) is 14.1. The van der Waals surface area contributed by atoms with Crippen LogP contribution in [0.25, 0.3) is 0 Å². The number of hydrogen-bond donors (Lipinski definition) is 1. The van der Waals surface area contributed by atoms with E-state index < -0.39 is 0 Å². The Bertz CT molecular complexity index is 524. The largest absolute Gasteiger partial charge is 0.355 e. The molecule has 0 bridgehead atoms. The Balaban J connectivity index is 1.44. The molecule has 2 fully saturated rings. The average Bonchev–Trinajstić information content (AvgIpc) is 3.06. The van der Waals surface area contributed by atoms with Crippen molar-refractivity contribution in [3.05, 3.63) is 16.1 Å². The first-order chi connectivity index (χ1) is 9.63. The second-order valence-electron chi connectivity index (χ2n) is 5.58. The highest BCUT2D eigenvalue weighted by Gasteiger charge is 2.41. The van der Waals surface area contributed by atoms with Gasteiger partial charge in [-0.15, -0.1) is 11.3 Å². The third-order valence-corrected chi connectivity index (χ3v) is 4.69. The molecule has 3 rings (SSSR count). The molecule has 1 N–H and O–H groups in total. The van der Waals surface area contributed by atoms with Gasteiger partial charge in [-0.1, -0.05) is 0 Å². The van der Waals surface area contributed by atoms with Crippen molar-refractivity contribution in [2.24, 2.45) is 5.92 Å². The molecule has 1 saturated carbocycles. The maximum Gasteiger partial charge on any atom is 0.225 e. The number of amides is 2. The predicted octanol–water partition coefficient (Wildman–Crippen LogP) is 1.12. The first-order valence-electron chi connectivity index (χ1n) is 7.11. The van der Waals surface area contributed by atoms with E-state index in [1.807, 2.05) is 17.2 Å².